The largest absolute Gasteiger partial charge is 0.469 e. The number of urea groups is 1. The van der Waals surface area contributed by atoms with Gasteiger partial charge >= 0.3 is 18.1 Å². The van der Waals surface area contributed by atoms with E-state index in [-0.39, 0.29) is 37.0 Å². The van der Waals surface area contributed by atoms with E-state index < -0.39 is 5.60 Å². The fourth-order valence-corrected chi connectivity index (χ4v) is 4.21. The number of amides is 4. The third-order valence-electron chi connectivity index (χ3n) is 6.15. The molecule has 0 aliphatic carbocycles. The highest BCUT2D eigenvalue weighted by molar-refractivity contribution is 6.19. The van der Waals surface area contributed by atoms with Gasteiger partial charge in [0.15, 0.2) is 0 Å². The summed E-state index contributed by atoms with van der Waals surface area (Å²) in [7, 11) is 1.36. The zero-order chi connectivity index (χ0) is 24.9. The fourth-order valence-electron chi connectivity index (χ4n) is 4.21. The number of methoxy groups -OCH3 is 1. The van der Waals surface area contributed by atoms with Crippen molar-refractivity contribution in [2.75, 3.05) is 38.2 Å². The van der Waals surface area contributed by atoms with Crippen LogP contribution in [-0.2, 0) is 25.5 Å². The van der Waals surface area contributed by atoms with E-state index in [0.717, 1.165) is 24.8 Å². The number of anilines is 1. The summed E-state index contributed by atoms with van der Waals surface area (Å²) in [4.78, 5) is 53.5. The maximum atomic E-state index is 12.9. The maximum absolute atomic E-state index is 12.9. The minimum atomic E-state index is -0.508. The zero-order valence-electron chi connectivity index (χ0n) is 20.5. The summed E-state index contributed by atoms with van der Waals surface area (Å²) < 4.78 is 10.1. The Morgan fingerprint density at radius 3 is 2.29 bits per heavy atom. The van der Waals surface area contributed by atoms with Gasteiger partial charge in [-0.05, 0) is 70.1 Å². The average molecular weight is 474 g/mol. The van der Waals surface area contributed by atoms with Crippen molar-refractivity contribution in [3.05, 3.63) is 29.8 Å². The van der Waals surface area contributed by atoms with Crippen molar-refractivity contribution in [1.29, 1.82) is 0 Å². The first-order valence-corrected chi connectivity index (χ1v) is 11.8. The van der Waals surface area contributed by atoms with Crippen molar-refractivity contribution in [2.24, 2.45) is 5.92 Å². The highest BCUT2D eigenvalue weighted by Crippen LogP contribution is 2.26. The highest BCUT2D eigenvalue weighted by atomic mass is 16.6. The normalized spacial score (nSPS) is 17.4. The van der Waals surface area contributed by atoms with E-state index in [4.69, 9.17) is 4.74 Å². The third kappa shape index (κ3) is 6.71. The number of benzene rings is 1. The Bertz CT molecular complexity index is 900. The minimum absolute atomic E-state index is 0.0691. The number of piperidine rings is 1. The molecule has 2 fully saturated rings. The maximum Gasteiger partial charge on any atom is 0.410 e. The van der Waals surface area contributed by atoms with Gasteiger partial charge in [-0.2, -0.15) is 0 Å². The van der Waals surface area contributed by atoms with Crippen LogP contribution in [0.4, 0.5) is 15.3 Å². The molecule has 186 valence electrons. The number of aryl methyl sites for hydroxylation is 1. The lowest BCUT2D eigenvalue weighted by Gasteiger charge is -2.33. The van der Waals surface area contributed by atoms with Crippen LogP contribution in [0.1, 0.15) is 52.0 Å². The van der Waals surface area contributed by atoms with Gasteiger partial charge in [0.2, 0.25) is 0 Å². The van der Waals surface area contributed by atoms with Crippen LogP contribution in [0.5, 0.6) is 0 Å². The van der Waals surface area contributed by atoms with E-state index in [0.29, 0.717) is 37.7 Å². The molecule has 0 aromatic heterocycles. The number of nitrogens with zero attached hydrogens (tertiary/aromatic N) is 3. The van der Waals surface area contributed by atoms with Gasteiger partial charge in [-0.15, -0.1) is 0 Å². The van der Waals surface area contributed by atoms with Gasteiger partial charge in [0.05, 0.1) is 12.8 Å². The molecule has 2 aliphatic rings. The van der Waals surface area contributed by atoms with Crippen LogP contribution in [0.3, 0.4) is 0 Å². The molecule has 0 radical (unpaired) electrons. The number of carbonyl (C=O) groups is 4. The molecule has 9 heteroatoms. The average Bonchev–Trinajstić information content (AvgIpc) is 3.08. The molecule has 0 bridgehead atoms. The molecule has 34 heavy (non-hydrogen) atoms. The molecule has 0 atom stereocenters. The van der Waals surface area contributed by atoms with Crippen LogP contribution >= 0.6 is 0 Å². The number of carbonyl (C=O) groups excluding carboxylic acids is 4. The Balaban J connectivity index is 1.47. The summed E-state index contributed by atoms with van der Waals surface area (Å²) >= 11 is 0. The Labute approximate surface area is 201 Å². The van der Waals surface area contributed by atoms with Crippen molar-refractivity contribution >= 4 is 29.7 Å². The molecular weight excluding hydrogens is 438 g/mol. The van der Waals surface area contributed by atoms with Gasteiger partial charge in [0.25, 0.3) is 5.91 Å². The van der Waals surface area contributed by atoms with Gasteiger partial charge < -0.3 is 19.3 Å². The smallest absolute Gasteiger partial charge is 0.410 e. The van der Waals surface area contributed by atoms with E-state index in [1.54, 1.807) is 21.9 Å². The summed E-state index contributed by atoms with van der Waals surface area (Å²) in [5.74, 6) is -0.128. The number of hydrogen-bond donors (Lipinski definition) is 0. The SMILES string of the molecule is COC(=O)CCc1ccc(N2C(=O)CN(CCC3CCN(C(=O)OC(C)(C)C)CC3)C2=O)cc1. The van der Waals surface area contributed by atoms with Crippen LogP contribution in [0, 0.1) is 5.92 Å². The number of imide groups is 1. The van der Waals surface area contributed by atoms with Crippen LogP contribution in [0.2, 0.25) is 0 Å². The Hall–Kier alpha value is -3.10. The monoisotopic (exact) mass is 473 g/mol. The molecule has 9 nitrogen and oxygen atoms in total. The predicted octanol–water partition coefficient (Wildman–Crippen LogP) is 3.60. The van der Waals surface area contributed by atoms with Crippen LogP contribution in [-0.4, -0.2) is 72.7 Å². The number of likely N-dealkylation sites (tertiary alicyclic amines) is 1. The first kappa shape index (κ1) is 25.5. The lowest BCUT2D eigenvalue weighted by atomic mass is 9.93. The summed E-state index contributed by atoms with van der Waals surface area (Å²) in [6.45, 7) is 7.43. The summed E-state index contributed by atoms with van der Waals surface area (Å²) in [5, 5.41) is 0. The van der Waals surface area contributed by atoms with Gasteiger partial charge in [-0.3, -0.25) is 9.59 Å². The summed E-state index contributed by atoms with van der Waals surface area (Å²) in [6.07, 6.45) is 3.04. The predicted molar refractivity (Wildman–Crippen MR) is 126 cm³/mol. The van der Waals surface area contributed by atoms with Crippen molar-refractivity contribution in [1.82, 2.24) is 9.80 Å². The quantitative estimate of drug-likeness (QED) is 0.443. The van der Waals surface area contributed by atoms with Gasteiger partial charge in [0, 0.05) is 26.1 Å². The molecule has 1 aromatic rings. The van der Waals surface area contributed by atoms with Gasteiger partial charge in [-0.1, -0.05) is 12.1 Å². The number of rotatable bonds is 7. The topological polar surface area (TPSA) is 96.5 Å². The molecule has 2 saturated heterocycles. The molecule has 4 amide bonds. The molecule has 0 saturated carbocycles. The number of esters is 1. The lowest BCUT2D eigenvalue weighted by Crippen LogP contribution is -2.42. The van der Waals surface area contributed by atoms with Crippen molar-refractivity contribution in [2.45, 2.75) is 58.5 Å². The standard InChI is InChI=1S/C25H35N3O6/c1-25(2,3)34-24(32)26-14-11-19(12-15-26)13-16-27-17-21(29)28(23(27)31)20-8-5-18(6-9-20)7-10-22(30)33-4/h5-6,8-9,19H,7,10-17H2,1-4H3. The van der Waals surface area contributed by atoms with Crippen molar-refractivity contribution in [3.8, 4) is 0 Å². The van der Waals surface area contributed by atoms with E-state index >= 15 is 0 Å². The second kappa shape index (κ2) is 10.9. The zero-order valence-corrected chi connectivity index (χ0v) is 20.5. The molecule has 0 spiro atoms. The van der Waals surface area contributed by atoms with Crippen molar-refractivity contribution < 1.29 is 28.7 Å². The van der Waals surface area contributed by atoms with E-state index in [1.165, 1.54) is 12.0 Å². The van der Waals surface area contributed by atoms with Crippen LogP contribution in [0.25, 0.3) is 0 Å². The van der Waals surface area contributed by atoms with Crippen LogP contribution in [0.15, 0.2) is 24.3 Å². The molecular formula is C25H35N3O6. The number of hydrogen-bond acceptors (Lipinski definition) is 6. The lowest BCUT2D eigenvalue weighted by molar-refractivity contribution is -0.140. The van der Waals surface area contributed by atoms with Gasteiger partial charge in [0.1, 0.15) is 12.1 Å². The minimum Gasteiger partial charge on any atom is -0.469 e. The second-order valence-electron chi connectivity index (χ2n) is 9.88. The van der Waals surface area contributed by atoms with Crippen molar-refractivity contribution in [3.63, 3.8) is 0 Å². The van der Waals surface area contributed by atoms with Crippen LogP contribution < -0.4 is 4.90 Å². The molecule has 0 unspecified atom stereocenters. The first-order valence-electron chi connectivity index (χ1n) is 11.8. The molecule has 2 heterocycles. The number of ether oxygens (including phenoxy) is 2. The molecule has 1 aromatic carbocycles. The highest BCUT2D eigenvalue weighted by Gasteiger charge is 2.37. The first-order chi connectivity index (χ1) is 16.1. The Kier molecular flexibility index (Phi) is 8.17. The summed E-state index contributed by atoms with van der Waals surface area (Å²) in [5.41, 5.74) is 0.957. The fraction of sp³-hybridized carbons (Fsp3) is 0.600. The second-order valence-corrected chi connectivity index (χ2v) is 9.88. The van der Waals surface area contributed by atoms with Gasteiger partial charge in [-0.25, -0.2) is 14.5 Å². The summed E-state index contributed by atoms with van der Waals surface area (Å²) in [6, 6.07) is 6.80. The molecule has 2 aliphatic heterocycles. The molecule has 0 N–H and O–H groups in total. The Morgan fingerprint density at radius 2 is 1.71 bits per heavy atom. The van der Waals surface area contributed by atoms with E-state index in [1.807, 2.05) is 32.9 Å². The Morgan fingerprint density at radius 1 is 1.06 bits per heavy atom. The third-order valence-corrected chi connectivity index (χ3v) is 6.15. The van der Waals surface area contributed by atoms with E-state index in [2.05, 4.69) is 4.74 Å². The molecule has 3 rings (SSSR count). The van der Waals surface area contributed by atoms with E-state index in [9.17, 15) is 19.2 Å².